The number of unbranched alkanes of at least 4 members (excludes halogenated alkanes) is 4. The molecule has 24 heavy (non-hydrogen) atoms. The van der Waals surface area contributed by atoms with Crippen molar-refractivity contribution in [3.05, 3.63) is 49.6 Å². The Hall–Kier alpha value is -1.90. The summed E-state index contributed by atoms with van der Waals surface area (Å²) in [5.74, 6) is -0.609. The molecular formula is C21H32O3. The zero-order chi connectivity index (χ0) is 18.3. The van der Waals surface area contributed by atoms with Crippen molar-refractivity contribution >= 4 is 11.8 Å². The second-order valence-electron chi connectivity index (χ2n) is 5.92. The van der Waals surface area contributed by atoms with Gasteiger partial charge >= 0.3 is 5.97 Å². The first-order valence-electron chi connectivity index (χ1n) is 8.66. The van der Waals surface area contributed by atoms with Gasteiger partial charge in [-0.2, -0.15) is 0 Å². The third-order valence-electron chi connectivity index (χ3n) is 4.07. The van der Waals surface area contributed by atoms with Gasteiger partial charge in [-0.05, 0) is 58.3 Å². The van der Waals surface area contributed by atoms with E-state index in [9.17, 15) is 9.59 Å². The third-order valence-corrected chi connectivity index (χ3v) is 4.07. The molecule has 0 heterocycles. The Bertz CT molecular complexity index is 432. The molecule has 0 N–H and O–H groups in total. The molecular weight excluding hydrogens is 300 g/mol. The standard InChI is InChI=1S/C21H32O3/c1-5-7-9-11-13-15-17-21(19(3)22,20(23)24-4)18-16-14-12-10-8-6-2/h5-6,13-16H,1-2,7-12,17-18H2,3-4H3/b15-13+,16-14+. The van der Waals surface area contributed by atoms with Crippen LogP contribution in [0.5, 0.6) is 0 Å². The monoisotopic (exact) mass is 332 g/mol. The summed E-state index contributed by atoms with van der Waals surface area (Å²) >= 11 is 0. The third kappa shape index (κ3) is 8.09. The first kappa shape index (κ1) is 22.1. The first-order chi connectivity index (χ1) is 11.5. The van der Waals surface area contributed by atoms with Crippen LogP contribution in [-0.2, 0) is 14.3 Å². The van der Waals surface area contributed by atoms with E-state index in [1.165, 1.54) is 14.0 Å². The molecule has 0 aromatic rings. The van der Waals surface area contributed by atoms with Crippen molar-refractivity contribution in [1.29, 1.82) is 0 Å². The maximum absolute atomic E-state index is 12.3. The second-order valence-corrected chi connectivity index (χ2v) is 5.92. The van der Waals surface area contributed by atoms with Crippen LogP contribution in [0.1, 0.15) is 58.3 Å². The van der Waals surface area contributed by atoms with Crippen molar-refractivity contribution < 1.29 is 14.3 Å². The number of rotatable bonds is 14. The highest BCUT2D eigenvalue weighted by molar-refractivity contribution is 6.03. The Morgan fingerprint density at radius 2 is 1.33 bits per heavy atom. The summed E-state index contributed by atoms with van der Waals surface area (Å²) in [6, 6.07) is 0. The summed E-state index contributed by atoms with van der Waals surface area (Å²) in [6.07, 6.45) is 18.2. The number of ether oxygens (including phenoxy) is 1. The van der Waals surface area contributed by atoms with E-state index in [1.807, 2.05) is 36.5 Å². The maximum Gasteiger partial charge on any atom is 0.319 e. The highest BCUT2D eigenvalue weighted by atomic mass is 16.5. The topological polar surface area (TPSA) is 43.4 Å². The predicted octanol–water partition coefficient (Wildman–Crippen LogP) is 5.34. The Labute approximate surface area is 147 Å². The lowest BCUT2D eigenvalue weighted by atomic mass is 9.77. The van der Waals surface area contributed by atoms with Gasteiger partial charge in [0.25, 0.3) is 0 Å². The number of ketones is 1. The van der Waals surface area contributed by atoms with Crippen LogP contribution in [0.25, 0.3) is 0 Å². The van der Waals surface area contributed by atoms with E-state index >= 15 is 0 Å². The SMILES string of the molecule is C=CCCC/C=C/CC(C/C=C/CCCC=C)(C(C)=O)C(=O)OC. The molecule has 0 saturated heterocycles. The van der Waals surface area contributed by atoms with E-state index in [0.29, 0.717) is 12.8 Å². The van der Waals surface area contributed by atoms with Gasteiger partial charge in [-0.3, -0.25) is 9.59 Å². The number of carbonyl (C=O) groups is 2. The van der Waals surface area contributed by atoms with E-state index < -0.39 is 11.4 Å². The van der Waals surface area contributed by atoms with E-state index in [0.717, 1.165) is 38.5 Å². The highest BCUT2D eigenvalue weighted by Gasteiger charge is 2.42. The Morgan fingerprint density at radius 3 is 1.67 bits per heavy atom. The molecule has 0 atom stereocenters. The zero-order valence-electron chi connectivity index (χ0n) is 15.3. The fourth-order valence-corrected chi connectivity index (χ4v) is 2.44. The average molecular weight is 332 g/mol. The number of hydrogen-bond donors (Lipinski definition) is 0. The summed E-state index contributed by atoms with van der Waals surface area (Å²) in [5.41, 5.74) is -1.11. The number of carbonyl (C=O) groups excluding carboxylic acids is 2. The van der Waals surface area contributed by atoms with Crippen molar-refractivity contribution in [2.24, 2.45) is 5.41 Å². The Morgan fingerprint density at radius 1 is 0.875 bits per heavy atom. The van der Waals surface area contributed by atoms with Crippen LogP contribution in [0.3, 0.4) is 0 Å². The number of allylic oxidation sites excluding steroid dienone is 6. The van der Waals surface area contributed by atoms with Crippen molar-refractivity contribution in [3.8, 4) is 0 Å². The molecule has 3 heteroatoms. The number of Topliss-reactive ketones (excluding diaryl/α,β-unsaturated/α-hetero) is 1. The predicted molar refractivity (Wildman–Crippen MR) is 101 cm³/mol. The molecule has 0 saturated carbocycles. The van der Waals surface area contributed by atoms with E-state index in [1.54, 1.807) is 0 Å². The van der Waals surface area contributed by atoms with Crippen LogP contribution in [0.15, 0.2) is 49.6 Å². The molecule has 0 aliphatic carbocycles. The van der Waals surface area contributed by atoms with Crippen molar-refractivity contribution in [2.75, 3.05) is 7.11 Å². The van der Waals surface area contributed by atoms with E-state index in [2.05, 4.69) is 13.2 Å². The molecule has 134 valence electrons. The van der Waals surface area contributed by atoms with Gasteiger partial charge in [-0.25, -0.2) is 0 Å². The van der Waals surface area contributed by atoms with Gasteiger partial charge in [-0.15, -0.1) is 13.2 Å². The van der Waals surface area contributed by atoms with Gasteiger partial charge in [0.05, 0.1) is 7.11 Å². The van der Waals surface area contributed by atoms with E-state index in [-0.39, 0.29) is 5.78 Å². The van der Waals surface area contributed by atoms with Gasteiger partial charge in [0.1, 0.15) is 11.2 Å². The van der Waals surface area contributed by atoms with Crippen molar-refractivity contribution in [1.82, 2.24) is 0 Å². The smallest absolute Gasteiger partial charge is 0.319 e. The minimum absolute atomic E-state index is 0.152. The minimum Gasteiger partial charge on any atom is -0.468 e. The fraction of sp³-hybridized carbons (Fsp3) is 0.524. The molecule has 0 aliphatic rings. The van der Waals surface area contributed by atoms with Crippen molar-refractivity contribution in [2.45, 2.75) is 58.3 Å². The van der Waals surface area contributed by atoms with Crippen LogP contribution >= 0.6 is 0 Å². The van der Waals surface area contributed by atoms with Gasteiger partial charge in [0, 0.05) is 0 Å². The van der Waals surface area contributed by atoms with Gasteiger partial charge in [0.2, 0.25) is 0 Å². The summed E-state index contributed by atoms with van der Waals surface area (Å²) in [6.45, 7) is 8.85. The highest BCUT2D eigenvalue weighted by Crippen LogP contribution is 2.31. The number of hydrogen-bond acceptors (Lipinski definition) is 3. The molecule has 0 aromatic heterocycles. The van der Waals surface area contributed by atoms with Gasteiger partial charge in [-0.1, -0.05) is 36.5 Å². The van der Waals surface area contributed by atoms with Crippen molar-refractivity contribution in [3.63, 3.8) is 0 Å². The first-order valence-corrected chi connectivity index (χ1v) is 8.66. The lowest BCUT2D eigenvalue weighted by molar-refractivity contribution is -0.157. The molecule has 0 radical (unpaired) electrons. The number of esters is 1. The molecule has 0 spiro atoms. The zero-order valence-corrected chi connectivity index (χ0v) is 15.3. The molecule has 3 nitrogen and oxygen atoms in total. The van der Waals surface area contributed by atoms with Crippen LogP contribution < -0.4 is 0 Å². The second kappa shape index (κ2) is 13.5. The lowest BCUT2D eigenvalue weighted by Gasteiger charge is -2.26. The largest absolute Gasteiger partial charge is 0.468 e. The summed E-state index contributed by atoms with van der Waals surface area (Å²) in [7, 11) is 1.33. The molecule has 0 amide bonds. The Balaban J connectivity index is 4.87. The van der Waals surface area contributed by atoms with E-state index in [4.69, 9.17) is 4.74 Å². The average Bonchev–Trinajstić information content (AvgIpc) is 2.58. The fourth-order valence-electron chi connectivity index (χ4n) is 2.44. The van der Waals surface area contributed by atoms with Crippen LogP contribution in [0.2, 0.25) is 0 Å². The quantitative estimate of drug-likeness (QED) is 0.187. The Kier molecular flexibility index (Phi) is 12.5. The molecule has 0 fully saturated rings. The maximum atomic E-state index is 12.3. The minimum atomic E-state index is -1.11. The van der Waals surface area contributed by atoms with Gasteiger partial charge < -0.3 is 4.74 Å². The van der Waals surface area contributed by atoms with Crippen LogP contribution in [0.4, 0.5) is 0 Å². The van der Waals surface area contributed by atoms with Crippen LogP contribution in [0, 0.1) is 5.41 Å². The lowest BCUT2D eigenvalue weighted by Crippen LogP contribution is -2.38. The molecule has 0 aliphatic heterocycles. The molecule has 0 bridgehead atoms. The normalized spacial score (nSPS) is 11.8. The summed E-state index contributed by atoms with van der Waals surface area (Å²) in [5, 5.41) is 0. The number of methoxy groups -OCH3 is 1. The summed E-state index contributed by atoms with van der Waals surface area (Å²) < 4.78 is 4.91. The molecule has 0 rings (SSSR count). The molecule has 0 unspecified atom stereocenters. The summed E-state index contributed by atoms with van der Waals surface area (Å²) in [4.78, 5) is 24.5. The van der Waals surface area contributed by atoms with Gasteiger partial charge in [0.15, 0.2) is 0 Å². The molecule has 0 aromatic carbocycles. The van der Waals surface area contributed by atoms with Crippen LogP contribution in [-0.4, -0.2) is 18.9 Å².